The number of hydrogen-bond acceptors (Lipinski definition) is 2. The zero-order valence-corrected chi connectivity index (χ0v) is 13.7. The third-order valence-electron chi connectivity index (χ3n) is 3.59. The summed E-state index contributed by atoms with van der Waals surface area (Å²) in [6.45, 7) is 6.62. The van der Waals surface area contributed by atoms with Gasteiger partial charge in [0, 0.05) is 41.3 Å². The van der Waals surface area contributed by atoms with Crippen LogP contribution < -0.4 is 5.73 Å². The Morgan fingerprint density at radius 3 is 2.86 bits per heavy atom. The minimum absolute atomic E-state index is 0.153. The van der Waals surface area contributed by atoms with Gasteiger partial charge in [-0.15, -0.1) is 0 Å². The lowest BCUT2D eigenvalue weighted by Gasteiger charge is -2.06. The number of ether oxygens (including phenoxy) is 1. The average molecular weight is 309 g/mol. The summed E-state index contributed by atoms with van der Waals surface area (Å²) < 4.78 is 7.90. The second kappa shape index (κ2) is 7.83. The number of hydrogen-bond donors (Lipinski definition) is 1. The van der Waals surface area contributed by atoms with Crippen LogP contribution in [0.5, 0.6) is 0 Å². The molecule has 0 bridgehead atoms. The van der Waals surface area contributed by atoms with Crippen molar-refractivity contribution in [1.82, 2.24) is 4.57 Å². The molecule has 0 aliphatic rings. The molecule has 116 valence electrons. The van der Waals surface area contributed by atoms with E-state index in [0.717, 1.165) is 43.1 Å². The van der Waals surface area contributed by atoms with Crippen molar-refractivity contribution in [2.75, 3.05) is 13.2 Å². The largest absolute Gasteiger partial charge is 0.380 e. The predicted octanol–water partition coefficient (Wildman–Crippen LogP) is 4.00. The van der Waals surface area contributed by atoms with Crippen molar-refractivity contribution in [2.24, 2.45) is 5.73 Å². The summed E-state index contributed by atoms with van der Waals surface area (Å²) in [7, 11) is 0. The Morgan fingerprint density at radius 2 is 2.14 bits per heavy atom. The van der Waals surface area contributed by atoms with Crippen molar-refractivity contribution in [1.29, 1.82) is 0 Å². The lowest BCUT2D eigenvalue weighted by atomic mass is 10.1. The van der Waals surface area contributed by atoms with Crippen molar-refractivity contribution in [3.63, 3.8) is 0 Å². The molecular formula is C17H25ClN2O. The quantitative estimate of drug-likeness (QED) is 0.749. The SMILES string of the molecule is CCCCOCCn1cc(CC(C)N)c2ccc(Cl)cc21. The van der Waals surface area contributed by atoms with Gasteiger partial charge in [-0.1, -0.05) is 31.0 Å². The van der Waals surface area contributed by atoms with E-state index in [1.54, 1.807) is 0 Å². The van der Waals surface area contributed by atoms with Crippen molar-refractivity contribution < 1.29 is 4.74 Å². The van der Waals surface area contributed by atoms with Gasteiger partial charge in [-0.05, 0) is 37.5 Å². The highest BCUT2D eigenvalue weighted by Gasteiger charge is 2.10. The van der Waals surface area contributed by atoms with Crippen LogP contribution in [0.1, 0.15) is 32.3 Å². The number of nitrogens with zero attached hydrogens (tertiary/aromatic N) is 1. The third kappa shape index (κ3) is 4.47. The van der Waals surface area contributed by atoms with Gasteiger partial charge in [0.2, 0.25) is 0 Å². The molecule has 2 rings (SSSR count). The third-order valence-corrected chi connectivity index (χ3v) is 3.82. The van der Waals surface area contributed by atoms with E-state index in [-0.39, 0.29) is 6.04 Å². The molecule has 2 N–H and O–H groups in total. The average Bonchev–Trinajstić information content (AvgIpc) is 2.75. The zero-order valence-electron chi connectivity index (χ0n) is 12.9. The van der Waals surface area contributed by atoms with Crippen LogP contribution in [-0.2, 0) is 17.7 Å². The first-order valence-corrected chi connectivity index (χ1v) is 8.10. The van der Waals surface area contributed by atoms with Crippen LogP contribution >= 0.6 is 11.6 Å². The summed E-state index contributed by atoms with van der Waals surface area (Å²) >= 11 is 6.14. The highest BCUT2D eigenvalue weighted by Crippen LogP contribution is 2.25. The summed E-state index contributed by atoms with van der Waals surface area (Å²) in [5.74, 6) is 0. The molecule has 0 radical (unpaired) electrons. The molecule has 1 heterocycles. The molecule has 0 aliphatic heterocycles. The van der Waals surface area contributed by atoms with Crippen LogP contribution in [0.15, 0.2) is 24.4 Å². The highest BCUT2D eigenvalue weighted by atomic mass is 35.5. The maximum absolute atomic E-state index is 6.14. The van der Waals surface area contributed by atoms with E-state index in [2.05, 4.69) is 23.8 Å². The van der Waals surface area contributed by atoms with Gasteiger partial charge < -0.3 is 15.0 Å². The second-order valence-electron chi connectivity index (χ2n) is 5.66. The van der Waals surface area contributed by atoms with Gasteiger partial charge >= 0.3 is 0 Å². The smallest absolute Gasteiger partial charge is 0.0645 e. The van der Waals surface area contributed by atoms with Crippen LogP contribution in [0.2, 0.25) is 5.02 Å². The molecule has 1 unspecified atom stereocenters. The van der Waals surface area contributed by atoms with Crippen LogP contribution in [-0.4, -0.2) is 23.8 Å². The van der Waals surface area contributed by atoms with Gasteiger partial charge in [0.25, 0.3) is 0 Å². The molecule has 0 aliphatic carbocycles. The number of aromatic nitrogens is 1. The van der Waals surface area contributed by atoms with Crippen LogP contribution in [0.25, 0.3) is 10.9 Å². The summed E-state index contributed by atoms with van der Waals surface area (Å²) in [5.41, 5.74) is 8.40. The molecule has 3 nitrogen and oxygen atoms in total. The van der Waals surface area contributed by atoms with Gasteiger partial charge in [0.15, 0.2) is 0 Å². The molecule has 0 amide bonds. The Labute approximate surface area is 132 Å². The van der Waals surface area contributed by atoms with E-state index in [0.29, 0.717) is 0 Å². The fraction of sp³-hybridized carbons (Fsp3) is 0.529. The van der Waals surface area contributed by atoms with Crippen molar-refractivity contribution >= 4 is 22.5 Å². The lowest BCUT2D eigenvalue weighted by molar-refractivity contribution is 0.124. The number of halogens is 1. The molecule has 2 aromatic rings. The number of nitrogens with two attached hydrogens (primary N) is 1. The molecule has 4 heteroatoms. The molecule has 0 spiro atoms. The monoisotopic (exact) mass is 308 g/mol. The van der Waals surface area contributed by atoms with Gasteiger partial charge in [-0.2, -0.15) is 0 Å². The number of rotatable bonds is 8. The second-order valence-corrected chi connectivity index (χ2v) is 6.09. The summed E-state index contributed by atoms with van der Waals surface area (Å²) in [5, 5.41) is 2.01. The Kier molecular flexibility index (Phi) is 6.09. The van der Waals surface area contributed by atoms with E-state index in [9.17, 15) is 0 Å². The van der Waals surface area contributed by atoms with Crippen molar-refractivity contribution in [3.05, 3.63) is 35.0 Å². The lowest BCUT2D eigenvalue weighted by Crippen LogP contribution is -2.17. The summed E-state index contributed by atoms with van der Waals surface area (Å²) in [6, 6.07) is 6.20. The number of unbranched alkanes of at least 4 members (excludes halogenated alkanes) is 1. The predicted molar refractivity (Wildman–Crippen MR) is 90.0 cm³/mol. The van der Waals surface area contributed by atoms with E-state index in [1.807, 2.05) is 19.1 Å². The first kappa shape index (κ1) is 16.3. The maximum atomic E-state index is 6.14. The molecule has 1 atom stereocenters. The van der Waals surface area contributed by atoms with E-state index in [4.69, 9.17) is 22.1 Å². The van der Waals surface area contributed by atoms with E-state index >= 15 is 0 Å². The normalized spacial score (nSPS) is 13.0. The molecule has 0 saturated heterocycles. The molecule has 1 aromatic heterocycles. The maximum Gasteiger partial charge on any atom is 0.0645 e. The minimum Gasteiger partial charge on any atom is -0.380 e. The standard InChI is InChI=1S/C17H25ClN2O/c1-3-4-8-21-9-7-20-12-14(10-13(2)19)16-6-5-15(18)11-17(16)20/h5-6,11-13H,3-4,7-10,19H2,1-2H3. The molecular weight excluding hydrogens is 284 g/mol. The summed E-state index contributed by atoms with van der Waals surface area (Å²) in [6.07, 6.45) is 5.35. The van der Waals surface area contributed by atoms with Gasteiger partial charge in [-0.25, -0.2) is 0 Å². The van der Waals surface area contributed by atoms with Gasteiger partial charge in [0.1, 0.15) is 0 Å². The Morgan fingerprint density at radius 1 is 1.33 bits per heavy atom. The van der Waals surface area contributed by atoms with Crippen LogP contribution in [0.4, 0.5) is 0 Å². The van der Waals surface area contributed by atoms with Crippen LogP contribution in [0.3, 0.4) is 0 Å². The highest BCUT2D eigenvalue weighted by molar-refractivity contribution is 6.31. The van der Waals surface area contributed by atoms with E-state index < -0.39 is 0 Å². The van der Waals surface area contributed by atoms with Crippen molar-refractivity contribution in [2.45, 2.75) is 45.7 Å². The molecule has 0 saturated carbocycles. The molecule has 21 heavy (non-hydrogen) atoms. The fourth-order valence-electron chi connectivity index (χ4n) is 2.55. The number of benzene rings is 1. The fourth-order valence-corrected chi connectivity index (χ4v) is 2.71. The molecule has 0 fully saturated rings. The first-order chi connectivity index (χ1) is 10.1. The molecule has 1 aromatic carbocycles. The minimum atomic E-state index is 0.153. The van der Waals surface area contributed by atoms with Crippen molar-refractivity contribution in [3.8, 4) is 0 Å². The topological polar surface area (TPSA) is 40.2 Å². The van der Waals surface area contributed by atoms with E-state index in [1.165, 1.54) is 17.4 Å². The van der Waals surface area contributed by atoms with Gasteiger partial charge in [-0.3, -0.25) is 0 Å². The first-order valence-electron chi connectivity index (χ1n) is 7.72. The number of fused-ring (bicyclic) bond motifs is 1. The zero-order chi connectivity index (χ0) is 15.2. The Hall–Kier alpha value is -1.03. The van der Waals surface area contributed by atoms with Crippen LogP contribution in [0, 0.1) is 0 Å². The summed E-state index contributed by atoms with van der Waals surface area (Å²) in [4.78, 5) is 0. The van der Waals surface area contributed by atoms with Gasteiger partial charge in [0.05, 0.1) is 6.61 Å². The Balaban J connectivity index is 2.15. The Bertz CT molecular complexity index is 577.